The SMILES string of the molecule is Oc1cc(Cl)c(Cl)c(Cc2cc(O)cc(Cl)c2Cl)c1. The first-order valence-corrected chi connectivity index (χ1v) is 6.73. The molecule has 19 heavy (non-hydrogen) atoms. The summed E-state index contributed by atoms with van der Waals surface area (Å²) in [4.78, 5) is 0. The molecular weight excluding hydrogens is 330 g/mol. The van der Waals surface area contributed by atoms with Gasteiger partial charge in [-0.25, -0.2) is 0 Å². The summed E-state index contributed by atoms with van der Waals surface area (Å²) in [6.07, 6.45) is 0.292. The van der Waals surface area contributed by atoms with Crippen LogP contribution in [0.3, 0.4) is 0 Å². The molecule has 2 aromatic carbocycles. The number of halogens is 4. The summed E-state index contributed by atoms with van der Waals surface area (Å²) in [5.41, 5.74) is 1.19. The van der Waals surface area contributed by atoms with Crippen molar-refractivity contribution in [2.75, 3.05) is 0 Å². The summed E-state index contributed by atoms with van der Waals surface area (Å²) in [7, 11) is 0. The summed E-state index contributed by atoms with van der Waals surface area (Å²) < 4.78 is 0. The molecule has 2 aromatic rings. The molecule has 0 aliphatic carbocycles. The highest BCUT2D eigenvalue weighted by Gasteiger charge is 2.13. The van der Waals surface area contributed by atoms with Gasteiger partial charge in [0, 0.05) is 18.6 Å². The predicted molar refractivity (Wildman–Crippen MR) is 79.1 cm³/mol. The molecule has 0 aliphatic rings. The predicted octanol–water partition coefficient (Wildman–Crippen LogP) is 5.30. The van der Waals surface area contributed by atoms with Gasteiger partial charge in [-0.1, -0.05) is 46.4 Å². The van der Waals surface area contributed by atoms with Gasteiger partial charge in [-0.05, 0) is 23.3 Å². The summed E-state index contributed by atoms with van der Waals surface area (Å²) in [6.45, 7) is 0. The van der Waals surface area contributed by atoms with Crippen LogP contribution in [0, 0.1) is 0 Å². The summed E-state index contributed by atoms with van der Waals surface area (Å²) in [5, 5.41) is 20.2. The lowest BCUT2D eigenvalue weighted by Gasteiger charge is -2.10. The quantitative estimate of drug-likeness (QED) is 0.780. The zero-order chi connectivity index (χ0) is 14.2. The van der Waals surface area contributed by atoms with E-state index >= 15 is 0 Å². The Labute approximate surface area is 130 Å². The highest BCUT2D eigenvalue weighted by Crippen LogP contribution is 2.36. The van der Waals surface area contributed by atoms with Gasteiger partial charge in [0.05, 0.1) is 20.1 Å². The fourth-order valence-corrected chi connectivity index (χ4v) is 2.54. The van der Waals surface area contributed by atoms with E-state index in [0.29, 0.717) is 27.6 Å². The van der Waals surface area contributed by atoms with E-state index in [0.717, 1.165) is 0 Å². The molecule has 0 bridgehead atoms. The van der Waals surface area contributed by atoms with E-state index in [2.05, 4.69) is 0 Å². The van der Waals surface area contributed by atoms with Gasteiger partial charge in [-0.15, -0.1) is 0 Å². The zero-order valence-electron chi connectivity index (χ0n) is 9.42. The lowest BCUT2D eigenvalue weighted by atomic mass is 10.0. The molecule has 0 saturated heterocycles. The molecule has 0 aliphatic heterocycles. The van der Waals surface area contributed by atoms with Gasteiger partial charge < -0.3 is 10.2 Å². The van der Waals surface area contributed by atoms with Gasteiger partial charge in [-0.2, -0.15) is 0 Å². The second-order valence-electron chi connectivity index (χ2n) is 3.98. The number of aromatic hydroxyl groups is 2. The van der Waals surface area contributed by atoms with Gasteiger partial charge >= 0.3 is 0 Å². The molecule has 0 radical (unpaired) electrons. The average Bonchev–Trinajstić information content (AvgIpc) is 2.31. The number of benzene rings is 2. The molecule has 6 heteroatoms. The van der Waals surface area contributed by atoms with Crippen LogP contribution in [0.2, 0.25) is 20.1 Å². The second-order valence-corrected chi connectivity index (χ2v) is 5.55. The minimum absolute atomic E-state index is 0.00627. The number of hydrogen-bond acceptors (Lipinski definition) is 2. The van der Waals surface area contributed by atoms with Crippen LogP contribution < -0.4 is 0 Å². The summed E-state index contributed by atoms with van der Waals surface area (Å²) in [6, 6.07) is 5.68. The fraction of sp³-hybridized carbons (Fsp3) is 0.0769. The molecule has 2 N–H and O–H groups in total. The third kappa shape index (κ3) is 3.21. The highest BCUT2D eigenvalue weighted by atomic mass is 35.5. The van der Waals surface area contributed by atoms with E-state index in [1.165, 1.54) is 24.3 Å². The lowest BCUT2D eigenvalue weighted by Crippen LogP contribution is -1.92. The van der Waals surface area contributed by atoms with Crippen LogP contribution in [0.1, 0.15) is 11.1 Å². The van der Waals surface area contributed by atoms with Gasteiger partial charge in [0.15, 0.2) is 0 Å². The molecular formula is C13H8Cl4O2. The second kappa shape index (κ2) is 5.68. The van der Waals surface area contributed by atoms with Crippen LogP contribution in [0.25, 0.3) is 0 Å². The smallest absolute Gasteiger partial charge is 0.117 e. The van der Waals surface area contributed by atoms with Gasteiger partial charge in [0.1, 0.15) is 11.5 Å². The van der Waals surface area contributed by atoms with Crippen molar-refractivity contribution < 1.29 is 10.2 Å². The topological polar surface area (TPSA) is 40.5 Å². The molecule has 0 fully saturated rings. The molecule has 0 unspecified atom stereocenters. The van der Waals surface area contributed by atoms with E-state index in [-0.39, 0.29) is 21.5 Å². The third-order valence-electron chi connectivity index (χ3n) is 2.56. The Morgan fingerprint density at radius 2 is 1.05 bits per heavy atom. The molecule has 100 valence electrons. The number of rotatable bonds is 2. The maximum Gasteiger partial charge on any atom is 0.117 e. The van der Waals surface area contributed by atoms with Crippen LogP contribution in [-0.4, -0.2) is 10.2 Å². The molecule has 0 aromatic heterocycles. The van der Waals surface area contributed by atoms with Crippen molar-refractivity contribution in [3.05, 3.63) is 55.5 Å². The fourth-order valence-electron chi connectivity index (χ4n) is 1.72. The zero-order valence-corrected chi connectivity index (χ0v) is 12.4. The minimum Gasteiger partial charge on any atom is -0.508 e. The molecule has 0 heterocycles. The molecule has 0 saturated carbocycles. The first-order chi connectivity index (χ1) is 8.88. The maximum atomic E-state index is 9.52. The van der Waals surface area contributed by atoms with Crippen molar-refractivity contribution in [2.45, 2.75) is 6.42 Å². The van der Waals surface area contributed by atoms with Crippen LogP contribution in [0.4, 0.5) is 0 Å². The first kappa shape index (κ1) is 14.6. The molecule has 2 rings (SSSR count). The molecule has 0 atom stereocenters. The Kier molecular flexibility index (Phi) is 4.36. The van der Waals surface area contributed by atoms with E-state index < -0.39 is 0 Å². The molecule has 2 nitrogen and oxygen atoms in total. The minimum atomic E-state index is 0.00627. The van der Waals surface area contributed by atoms with E-state index in [4.69, 9.17) is 46.4 Å². The monoisotopic (exact) mass is 336 g/mol. The van der Waals surface area contributed by atoms with Crippen LogP contribution in [0.5, 0.6) is 11.5 Å². The Morgan fingerprint density at radius 3 is 1.42 bits per heavy atom. The van der Waals surface area contributed by atoms with Gasteiger partial charge in [0.2, 0.25) is 0 Å². The van der Waals surface area contributed by atoms with Gasteiger partial charge in [0.25, 0.3) is 0 Å². The van der Waals surface area contributed by atoms with Crippen molar-refractivity contribution in [3.63, 3.8) is 0 Å². The summed E-state index contributed by atoms with van der Waals surface area (Å²) >= 11 is 23.9. The third-order valence-corrected chi connectivity index (χ3v) is 4.24. The molecule has 0 spiro atoms. The van der Waals surface area contributed by atoms with E-state index in [9.17, 15) is 10.2 Å². The van der Waals surface area contributed by atoms with Crippen molar-refractivity contribution >= 4 is 46.4 Å². The Hall–Kier alpha value is -0.800. The van der Waals surface area contributed by atoms with E-state index in [1.54, 1.807) is 0 Å². The maximum absolute atomic E-state index is 9.52. The number of phenols is 2. The lowest BCUT2D eigenvalue weighted by molar-refractivity contribution is 0.474. The Morgan fingerprint density at radius 1 is 0.684 bits per heavy atom. The van der Waals surface area contributed by atoms with Crippen LogP contribution in [0.15, 0.2) is 24.3 Å². The van der Waals surface area contributed by atoms with Crippen LogP contribution >= 0.6 is 46.4 Å². The Bertz CT molecular complexity index is 586. The highest BCUT2D eigenvalue weighted by molar-refractivity contribution is 6.43. The standard InChI is InChI=1S/C13H8Cl4O2/c14-10-4-8(18)2-6(12(10)16)1-7-3-9(19)5-11(15)13(7)17/h2-5,18-19H,1H2. The van der Waals surface area contributed by atoms with Gasteiger partial charge in [-0.3, -0.25) is 0 Å². The van der Waals surface area contributed by atoms with E-state index in [1.807, 2.05) is 0 Å². The molecule has 0 amide bonds. The van der Waals surface area contributed by atoms with Crippen molar-refractivity contribution in [2.24, 2.45) is 0 Å². The Balaban J connectivity index is 2.47. The number of phenolic OH excluding ortho intramolecular Hbond substituents is 2. The van der Waals surface area contributed by atoms with Crippen molar-refractivity contribution in [1.29, 1.82) is 0 Å². The number of hydrogen-bond donors (Lipinski definition) is 2. The normalized spacial score (nSPS) is 10.7. The largest absolute Gasteiger partial charge is 0.508 e. The first-order valence-electron chi connectivity index (χ1n) is 5.22. The van der Waals surface area contributed by atoms with Crippen LogP contribution in [-0.2, 0) is 6.42 Å². The van der Waals surface area contributed by atoms with Crippen molar-refractivity contribution in [1.82, 2.24) is 0 Å². The average molecular weight is 338 g/mol. The van der Waals surface area contributed by atoms with Crippen molar-refractivity contribution in [3.8, 4) is 11.5 Å². The summed E-state index contributed by atoms with van der Waals surface area (Å²) in [5.74, 6) is 0.0125.